The Bertz CT molecular complexity index is 446. The largest absolute Gasteiger partial charge is 0.337 e. The average molecular weight is 274 g/mol. The lowest BCUT2D eigenvalue weighted by Crippen LogP contribution is -2.38. The van der Waals surface area contributed by atoms with Crippen LogP contribution in [0.3, 0.4) is 0 Å². The van der Waals surface area contributed by atoms with Gasteiger partial charge in [-0.05, 0) is 24.6 Å². The van der Waals surface area contributed by atoms with E-state index >= 15 is 0 Å². The maximum absolute atomic E-state index is 13.5. The van der Waals surface area contributed by atoms with Crippen LogP contribution in [0.25, 0.3) is 0 Å². The lowest BCUT2D eigenvalue weighted by molar-refractivity contribution is 0.0772. The summed E-state index contributed by atoms with van der Waals surface area (Å²) in [5.74, 6) is 1.30. The Kier molecular flexibility index (Phi) is 3.94. The van der Waals surface area contributed by atoms with Crippen LogP contribution in [0, 0.1) is 12.7 Å². The molecule has 1 aromatic rings. The van der Waals surface area contributed by atoms with Crippen molar-refractivity contribution in [3.05, 3.63) is 34.1 Å². The second kappa shape index (κ2) is 5.27. The van der Waals surface area contributed by atoms with Gasteiger partial charge in [0.1, 0.15) is 5.82 Å². The predicted molar refractivity (Wildman–Crippen MR) is 69.4 cm³/mol. The molecule has 0 saturated carbocycles. The Hall–Kier alpha value is -0.740. The number of carbonyl (C=O) groups is 1. The molecule has 1 heterocycles. The summed E-state index contributed by atoms with van der Waals surface area (Å²) >= 11 is 7.82. The number of benzene rings is 1. The summed E-state index contributed by atoms with van der Waals surface area (Å²) < 4.78 is 13.5. The molecule has 1 saturated heterocycles. The second-order valence-corrected chi connectivity index (χ2v) is 5.62. The van der Waals surface area contributed by atoms with Crippen LogP contribution in [0.2, 0.25) is 5.02 Å². The maximum atomic E-state index is 13.5. The minimum atomic E-state index is -0.385. The fourth-order valence-electron chi connectivity index (χ4n) is 1.75. The lowest BCUT2D eigenvalue weighted by atomic mass is 10.1. The molecule has 92 valence electrons. The third-order valence-corrected chi connectivity index (χ3v) is 4.03. The fraction of sp³-hybridized carbons (Fsp3) is 0.417. The standard InChI is InChI=1S/C12H13ClFNOS/c1-8-6-10(13)9(7-11(8)14)12(16)15-2-4-17-5-3-15/h6-7H,2-5H2,1H3. The predicted octanol–water partition coefficient (Wildman–Crippen LogP) is 2.98. The normalized spacial score (nSPS) is 16.1. The number of nitrogens with zero attached hydrogens (tertiary/aromatic N) is 1. The van der Waals surface area contributed by atoms with E-state index in [2.05, 4.69) is 0 Å². The van der Waals surface area contributed by atoms with Gasteiger partial charge in [-0.3, -0.25) is 4.79 Å². The van der Waals surface area contributed by atoms with Gasteiger partial charge in [-0.25, -0.2) is 4.39 Å². The Labute approximate surface area is 109 Å². The summed E-state index contributed by atoms with van der Waals surface area (Å²) in [6, 6.07) is 2.74. The molecule has 1 fully saturated rings. The van der Waals surface area contributed by atoms with Crippen molar-refractivity contribution in [3.8, 4) is 0 Å². The molecule has 17 heavy (non-hydrogen) atoms. The van der Waals surface area contributed by atoms with Crippen LogP contribution >= 0.6 is 23.4 Å². The molecular weight excluding hydrogens is 261 g/mol. The number of hydrogen-bond donors (Lipinski definition) is 0. The van der Waals surface area contributed by atoms with Crippen molar-refractivity contribution in [1.29, 1.82) is 0 Å². The molecule has 1 amide bonds. The van der Waals surface area contributed by atoms with Gasteiger partial charge in [0, 0.05) is 24.6 Å². The molecule has 0 bridgehead atoms. The summed E-state index contributed by atoms with van der Waals surface area (Å²) in [6.07, 6.45) is 0. The van der Waals surface area contributed by atoms with Gasteiger partial charge in [0.15, 0.2) is 0 Å². The quantitative estimate of drug-likeness (QED) is 0.784. The number of thioether (sulfide) groups is 1. The monoisotopic (exact) mass is 273 g/mol. The minimum Gasteiger partial charge on any atom is -0.337 e. The number of amides is 1. The smallest absolute Gasteiger partial charge is 0.255 e. The number of carbonyl (C=O) groups excluding carboxylic acids is 1. The van der Waals surface area contributed by atoms with Crippen molar-refractivity contribution in [2.75, 3.05) is 24.6 Å². The van der Waals surface area contributed by atoms with Crippen molar-refractivity contribution in [1.82, 2.24) is 4.90 Å². The van der Waals surface area contributed by atoms with Crippen molar-refractivity contribution in [2.45, 2.75) is 6.92 Å². The third kappa shape index (κ3) is 2.75. The SMILES string of the molecule is Cc1cc(Cl)c(C(=O)N2CCSCC2)cc1F. The summed E-state index contributed by atoms with van der Waals surface area (Å²) in [5, 5.41) is 0.326. The van der Waals surface area contributed by atoms with Crippen LogP contribution in [0.4, 0.5) is 4.39 Å². The van der Waals surface area contributed by atoms with Crippen LogP contribution in [-0.2, 0) is 0 Å². The van der Waals surface area contributed by atoms with Crippen molar-refractivity contribution >= 4 is 29.3 Å². The molecule has 1 aliphatic rings. The summed E-state index contributed by atoms with van der Waals surface area (Å²) in [7, 11) is 0. The molecule has 1 aliphatic heterocycles. The molecule has 0 aromatic heterocycles. The lowest BCUT2D eigenvalue weighted by Gasteiger charge is -2.26. The molecule has 0 N–H and O–H groups in total. The van der Waals surface area contributed by atoms with Gasteiger partial charge in [0.05, 0.1) is 10.6 Å². The molecule has 0 unspecified atom stereocenters. The first-order valence-electron chi connectivity index (χ1n) is 5.42. The highest BCUT2D eigenvalue weighted by Crippen LogP contribution is 2.23. The first kappa shape index (κ1) is 12.7. The molecule has 2 nitrogen and oxygen atoms in total. The van der Waals surface area contributed by atoms with E-state index in [1.807, 2.05) is 11.8 Å². The van der Waals surface area contributed by atoms with Crippen LogP contribution < -0.4 is 0 Å². The van der Waals surface area contributed by atoms with Crippen molar-refractivity contribution in [2.24, 2.45) is 0 Å². The second-order valence-electron chi connectivity index (χ2n) is 3.99. The van der Waals surface area contributed by atoms with Gasteiger partial charge < -0.3 is 4.90 Å². The first-order valence-corrected chi connectivity index (χ1v) is 6.95. The zero-order valence-corrected chi connectivity index (χ0v) is 11.1. The number of rotatable bonds is 1. The van der Waals surface area contributed by atoms with Gasteiger partial charge in [0.25, 0.3) is 5.91 Å². The van der Waals surface area contributed by atoms with Gasteiger partial charge in [0.2, 0.25) is 0 Å². The topological polar surface area (TPSA) is 20.3 Å². The van der Waals surface area contributed by atoms with E-state index in [1.54, 1.807) is 11.8 Å². The van der Waals surface area contributed by atoms with Crippen molar-refractivity contribution < 1.29 is 9.18 Å². The highest BCUT2D eigenvalue weighted by molar-refractivity contribution is 7.99. The van der Waals surface area contributed by atoms with Crippen molar-refractivity contribution in [3.63, 3.8) is 0 Å². The highest BCUT2D eigenvalue weighted by atomic mass is 35.5. The Morgan fingerprint density at radius 3 is 2.71 bits per heavy atom. The van der Waals surface area contributed by atoms with E-state index in [9.17, 15) is 9.18 Å². The maximum Gasteiger partial charge on any atom is 0.255 e. The summed E-state index contributed by atoms with van der Waals surface area (Å²) in [4.78, 5) is 13.9. The Morgan fingerprint density at radius 2 is 2.06 bits per heavy atom. The van der Waals surface area contributed by atoms with E-state index in [0.717, 1.165) is 11.5 Å². The van der Waals surface area contributed by atoms with Crippen LogP contribution in [-0.4, -0.2) is 35.4 Å². The highest BCUT2D eigenvalue weighted by Gasteiger charge is 2.21. The van der Waals surface area contributed by atoms with Crippen LogP contribution in [0.15, 0.2) is 12.1 Å². The average Bonchev–Trinajstić information content (AvgIpc) is 2.34. The molecule has 0 radical (unpaired) electrons. The van der Waals surface area contributed by atoms with E-state index in [4.69, 9.17) is 11.6 Å². The van der Waals surface area contributed by atoms with Gasteiger partial charge in [-0.15, -0.1) is 0 Å². The van der Waals surface area contributed by atoms with E-state index < -0.39 is 0 Å². The van der Waals surface area contributed by atoms with E-state index in [1.165, 1.54) is 12.1 Å². The van der Waals surface area contributed by atoms with Gasteiger partial charge in [-0.1, -0.05) is 11.6 Å². The molecule has 2 rings (SSSR count). The zero-order chi connectivity index (χ0) is 12.4. The Balaban J connectivity index is 2.26. The van der Waals surface area contributed by atoms with Gasteiger partial charge >= 0.3 is 0 Å². The third-order valence-electron chi connectivity index (χ3n) is 2.78. The van der Waals surface area contributed by atoms with Crippen LogP contribution in [0.1, 0.15) is 15.9 Å². The number of halogens is 2. The molecule has 1 aromatic carbocycles. The molecule has 0 aliphatic carbocycles. The fourth-order valence-corrected chi connectivity index (χ4v) is 2.95. The molecule has 5 heteroatoms. The number of aryl methyl sites for hydroxylation is 1. The van der Waals surface area contributed by atoms with E-state index in [0.29, 0.717) is 23.7 Å². The molecule has 0 spiro atoms. The molecule has 0 atom stereocenters. The summed E-state index contributed by atoms with van der Waals surface area (Å²) in [6.45, 7) is 3.04. The summed E-state index contributed by atoms with van der Waals surface area (Å²) in [5.41, 5.74) is 0.724. The number of hydrogen-bond acceptors (Lipinski definition) is 2. The van der Waals surface area contributed by atoms with Gasteiger partial charge in [-0.2, -0.15) is 11.8 Å². The Morgan fingerprint density at radius 1 is 1.41 bits per heavy atom. The minimum absolute atomic E-state index is 0.172. The first-order chi connectivity index (χ1) is 8.09. The molecular formula is C12H13ClFNOS. The zero-order valence-electron chi connectivity index (χ0n) is 9.50. The van der Waals surface area contributed by atoms with E-state index in [-0.39, 0.29) is 17.3 Å². The van der Waals surface area contributed by atoms with Crippen LogP contribution in [0.5, 0.6) is 0 Å².